The molecule has 0 aliphatic carbocycles. The van der Waals surface area contributed by atoms with Gasteiger partial charge in [0.25, 0.3) is 0 Å². The van der Waals surface area contributed by atoms with Crippen LogP contribution in [-0.2, 0) is 6.42 Å². The van der Waals surface area contributed by atoms with Gasteiger partial charge >= 0.3 is 0 Å². The summed E-state index contributed by atoms with van der Waals surface area (Å²) in [6.45, 7) is 6.64. The summed E-state index contributed by atoms with van der Waals surface area (Å²) in [5, 5.41) is 5.68. The Kier molecular flexibility index (Phi) is 4.16. The zero-order valence-electron chi connectivity index (χ0n) is 13.0. The van der Waals surface area contributed by atoms with E-state index in [1.54, 1.807) is 0 Å². The third-order valence-corrected chi connectivity index (χ3v) is 6.31. The van der Waals surface area contributed by atoms with Gasteiger partial charge < -0.3 is 5.32 Å². The summed E-state index contributed by atoms with van der Waals surface area (Å²) in [4.78, 5) is 1.44. The predicted octanol–water partition coefficient (Wildman–Crippen LogP) is 5.39. The molecule has 3 rings (SSSR count). The van der Waals surface area contributed by atoms with E-state index in [4.69, 9.17) is 0 Å². The van der Waals surface area contributed by atoms with Gasteiger partial charge in [0.1, 0.15) is 0 Å². The Morgan fingerprint density at radius 1 is 1.05 bits per heavy atom. The molecule has 0 bridgehead atoms. The molecule has 0 aliphatic heterocycles. The van der Waals surface area contributed by atoms with Crippen LogP contribution in [0.1, 0.15) is 33.2 Å². The number of hydrogen-bond donors (Lipinski definition) is 1. The third kappa shape index (κ3) is 2.91. The second-order valence-electron chi connectivity index (χ2n) is 5.72. The van der Waals surface area contributed by atoms with Crippen molar-refractivity contribution >= 4 is 32.1 Å². The molecule has 1 nitrogen and oxygen atoms in total. The maximum Gasteiger partial charge on any atom is 0.0454 e. The van der Waals surface area contributed by atoms with E-state index in [2.05, 4.69) is 62.8 Å². The van der Waals surface area contributed by atoms with Gasteiger partial charge in [-0.1, -0.05) is 17.7 Å². The molecule has 110 valence electrons. The first-order valence-corrected chi connectivity index (χ1v) is 8.99. The van der Waals surface area contributed by atoms with Crippen LogP contribution in [0.3, 0.4) is 0 Å². The second kappa shape index (κ2) is 5.91. The molecule has 21 heavy (non-hydrogen) atoms. The fourth-order valence-electron chi connectivity index (χ4n) is 3.04. The fraction of sp³-hybridized carbons (Fsp3) is 0.333. The lowest BCUT2D eigenvalue weighted by Gasteiger charge is -2.18. The van der Waals surface area contributed by atoms with Crippen molar-refractivity contribution in [2.24, 2.45) is 0 Å². The van der Waals surface area contributed by atoms with Crippen LogP contribution in [-0.4, -0.2) is 7.05 Å². The Morgan fingerprint density at radius 2 is 1.76 bits per heavy atom. The fourth-order valence-corrected chi connectivity index (χ4v) is 5.27. The summed E-state index contributed by atoms with van der Waals surface area (Å²) in [7, 11) is 2.07. The lowest BCUT2D eigenvalue weighted by molar-refractivity contribution is 0.599. The maximum absolute atomic E-state index is 3.50. The normalized spacial score (nSPS) is 13.0. The monoisotopic (exact) mass is 315 g/mol. The van der Waals surface area contributed by atoms with Crippen molar-refractivity contribution in [2.45, 2.75) is 33.2 Å². The first-order chi connectivity index (χ1) is 10.1. The smallest absolute Gasteiger partial charge is 0.0454 e. The number of benzene rings is 1. The summed E-state index contributed by atoms with van der Waals surface area (Å²) < 4.78 is 2.82. The van der Waals surface area contributed by atoms with Crippen LogP contribution < -0.4 is 5.32 Å². The van der Waals surface area contributed by atoms with E-state index in [1.807, 2.05) is 22.7 Å². The Labute approximate surface area is 134 Å². The lowest BCUT2D eigenvalue weighted by atomic mass is 9.94. The highest BCUT2D eigenvalue weighted by Gasteiger charge is 2.16. The second-order valence-corrected chi connectivity index (χ2v) is 7.78. The van der Waals surface area contributed by atoms with Crippen LogP contribution in [0, 0.1) is 20.8 Å². The van der Waals surface area contributed by atoms with Crippen molar-refractivity contribution in [3.8, 4) is 0 Å². The molecular weight excluding hydrogens is 294 g/mol. The van der Waals surface area contributed by atoms with Crippen molar-refractivity contribution in [3.63, 3.8) is 0 Å². The quantitative estimate of drug-likeness (QED) is 0.680. The van der Waals surface area contributed by atoms with Gasteiger partial charge in [-0.15, -0.1) is 22.7 Å². The highest BCUT2D eigenvalue weighted by Crippen LogP contribution is 2.35. The molecule has 1 atom stereocenters. The molecule has 0 saturated carbocycles. The average molecular weight is 316 g/mol. The molecule has 0 aliphatic rings. The Bertz CT molecular complexity index is 715. The van der Waals surface area contributed by atoms with Gasteiger partial charge in [-0.3, -0.25) is 0 Å². The van der Waals surface area contributed by atoms with E-state index in [0.29, 0.717) is 6.04 Å². The van der Waals surface area contributed by atoms with E-state index < -0.39 is 0 Å². The molecule has 0 radical (unpaired) electrons. The highest BCUT2D eigenvalue weighted by molar-refractivity contribution is 7.26. The van der Waals surface area contributed by atoms with Crippen LogP contribution in [0.4, 0.5) is 0 Å². The Balaban J connectivity index is 1.93. The molecule has 1 unspecified atom stereocenters. The number of aryl methyl sites for hydroxylation is 3. The van der Waals surface area contributed by atoms with E-state index in [1.165, 1.54) is 36.5 Å². The van der Waals surface area contributed by atoms with Crippen molar-refractivity contribution in [2.75, 3.05) is 7.05 Å². The molecule has 3 heteroatoms. The van der Waals surface area contributed by atoms with Crippen LogP contribution >= 0.6 is 22.7 Å². The van der Waals surface area contributed by atoms with E-state index >= 15 is 0 Å². The summed E-state index contributed by atoms with van der Waals surface area (Å²) in [5.74, 6) is 0. The van der Waals surface area contributed by atoms with Crippen molar-refractivity contribution in [1.82, 2.24) is 5.32 Å². The minimum Gasteiger partial charge on any atom is -0.312 e. The van der Waals surface area contributed by atoms with Gasteiger partial charge in [0, 0.05) is 20.3 Å². The van der Waals surface area contributed by atoms with E-state index in [0.717, 1.165) is 6.42 Å². The number of likely N-dealkylation sites (N-methyl/N-ethyl adjacent to an activating group) is 1. The molecule has 3 aromatic rings. The van der Waals surface area contributed by atoms with Crippen molar-refractivity contribution in [3.05, 3.63) is 56.8 Å². The van der Waals surface area contributed by atoms with Crippen molar-refractivity contribution in [1.29, 1.82) is 0 Å². The zero-order chi connectivity index (χ0) is 15.0. The van der Waals surface area contributed by atoms with E-state index in [-0.39, 0.29) is 0 Å². The molecule has 0 saturated heterocycles. The van der Waals surface area contributed by atoms with Gasteiger partial charge in [0.2, 0.25) is 0 Å². The molecule has 0 amide bonds. The minimum atomic E-state index is 0.398. The first kappa shape index (κ1) is 14.8. The molecule has 0 fully saturated rings. The summed E-state index contributed by atoms with van der Waals surface area (Å²) in [5.41, 5.74) is 5.65. The first-order valence-electron chi connectivity index (χ1n) is 7.29. The topological polar surface area (TPSA) is 12.0 Å². The van der Waals surface area contributed by atoms with Gasteiger partial charge in [0.15, 0.2) is 0 Å². The number of hydrogen-bond acceptors (Lipinski definition) is 3. The van der Waals surface area contributed by atoms with Crippen LogP contribution in [0.2, 0.25) is 0 Å². The summed E-state index contributed by atoms with van der Waals surface area (Å²) >= 11 is 3.75. The van der Waals surface area contributed by atoms with E-state index in [9.17, 15) is 0 Å². The van der Waals surface area contributed by atoms with Gasteiger partial charge in [-0.05, 0) is 68.4 Å². The zero-order valence-corrected chi connectivity index (χ0v) is 14.6. The molecular formula is C18H21NS2. The van der Waals surface area contributed by atoms with Crippen LogP contribution in [0.15, 0.2) is 29.6 Å². The maximum atomic E-state index is 3.50. The summed E-state index contributed by atoms with van der Waals surface area (Å²) in [6, 6.07) is 9.56. The molecule has 1 aromatic carbocycles. The molecule has 2 heterocycles. The Hall–Kier alpha value is -1.16. The van der Waals surface area contributed by atoms with Gasteiger partial charge in [-0.2, -0.15) is 0 Å². The average Bonchev–Trinajstić information content (AvgIpc) is 2.98. The molecule has 1 N–H and O–H groups in total. The highest BCUT2D eigenvalue weighted by atomic mass is 32.1. The van der Waals surface area contributed by atoms with Crippen molar-refractivity contribution < 1.29 is 0 Å². The standard InChI is InChI=1S/C18H21NS2/c1-11-7-12(2)14(13(3)8-11)9-15(19-4)17-10-18-16(21-17)5-6-20-18/h5-8,10,15,19H,9H2,1-4H3. The number of fused-ring (bicyclic) bond motifs is 1. The molecule has 0 spiro atoms. The minimum absolute atomic E-state index is 0.398. The number of rotatable bonds is 4. The van der Waals surface area contributed by atoms with Crippen LogP contribution in [0.25, 0.3) is 9.40 Å². The SMILES string of the molecule is CNC(Cc1c(C)cc(C)cc1C)c1cc2sccc2s1. The molecule has 2 aromatic heterocycles. The number of nitrogens with one attached hydrogen (secondary N) is 1. The Morgan fingerprint density at radius 3 is 2.38 bits per heavy atom. The largest absolute Gasteiger partial charge is 0.312 e. The lowest BCUT2D eigenvalue weighted by Crippen LogP contribution is -2.18. The van der Waals surface area contributed by atoms with Crippen LogP contribution in [0.5, 0.6) is 0 Å². The number of thiophene rings is 2. The van der Waals surface area contributed by atoms with Gasteiger partial charge in [0.05, 0.1) is 0 Å². The predicted molar refractivity (Wildman–Crippen MR) is 95.9 cm³/mol. The summed E-state index contributed by atoms with van der Waals surface area (Å²) in [6.07, 6.45) is 1.06. The van der Waals surface area contributed by atoms with Gasteiger partial charge in [-0.25, -0.2) is 0 Å². The third-order valence-electron chi connectivity index (χ3n) is 4.10.